The number of para-hydroxylation sites is 2. The van der Waals surface area contributed by atoms with Crippen LogP contribution in [0.15, 0.2) is 24.3 Å². The Kier molecular flexibility index (Phi) is 5.25. The number of rotatable bonds is 6. The first kappa shape index (κ1) is 16.0. The van der Waals surface area contributed by atoms with E-state index in [9.17, 15) is 4.79 Å². The van der Waals surface area contributed by atoms with Crippen LogP contribution in [0.2, 0.25) is 0 Å². The average molecular weight is 315 g/mol. The van der Waals surface area contributed by atoms with Gasteiger partial charge in [-0.3, -0.25) is 4.79 Å². The molecule has 6 nitrogen and oxygen atoms in total. The molecule has 124 valence electrons. The number of aromatic nitrogens is 2. The van der Waals surface area contributed by atoms with E-state index >= 15 is 0 Å². The lowest BCUT2D eigenvalue weighted by Gasteiger charge is -2.27. The highest BCUT2D eigenvalue weighted by molar-refractivity contribution is 5.81. The molecule has 3 rings (SSSR count). The Balaban J connectivity index is 1.46. The number of benzene rings is 1. The molecule has 1 amide bonds. The summed E-state index contributed by atoms with van der Waals surface area (Å²) >= 11 is 0. The summed E-state index contributed by atoms with van der Waals surface area (Å²) in [6.07, 6.45) is 0.995. The molecule has 1 aliphatic rings. The summed E-state index contributed by atoms with van der Waals surface area (Å²) in [6, 6.07) is 7.93. The van der Waals surface area contributed by atoms with Crippen molar-refractivity contribution in [1.82, 2.24) is 25.1 Å². The van der Waals surface area contributed by atoms with Crippen molar-refractivity contribution >= 4 is 16.9 Å². The summed E-state index contributed by atoms with van der Waals surface area (Å²) in [4.78, 5) is 19.1. The molecule has 1 aromatic heterocycles. The highest BCUT2D eigenvalue weighted by atomic mass is 16.1. The highest BCUT2D eigenvalue weighted by Crippen LogP contribution is 2.14. The maximum Gasteiger partial charge on any atom is 0.240 e. The number of piperazine rings is 1. The minimum absolute atomic E-state index is 0.0524. The molecule has 1 aliphatic heterocycles. The number of hydrogen-bond acceptors (Lipinski definition) is 4. The Hall–Kier alpha value is -1.92. The fraction of sp³-hybridized carbons (Fsp3) is 0.529. The average Bonchev–Trinajstić information content (AvgIpc) is 2.88. The van der Waals surface area contributed by atoms with E-state index in [2.05, 4.69) is 20.5 Å². The van der Waals surface area contributed by atoms with Gasteiger partial charge in [0.1, 0.15) is 12.4 Å². The van der Waals surface area contributed by atoms with Crippen LogP contribution in [0.1, 0.15) is 12.2 Å². The zero-order valence-electron chi connectivity index (χ0n) is 13.7. The second-order valence-electron chi connectivity index (χ2n) is 6.03. The van der Waals surface area contributed by atoms with Crippen LogP contribution in [-0.4, -0.2) is 59.6 Å². The first-order chi connectivity index (χ1) is 11.2. The van der Waals surface area contributed by atoms with Gasteiger partial charge in [0.25, 0.3) is 0 Å². The van der Waals surface area contributed by atoms with Crippen molar-refractivity contribution in [2.75, 3.05) is 39.3 Å². The smallest absolute Gasteiger partial charge is 0.240 e. The molecule has 23 heavy (non-hydrogen) atoms. The molecular formula is C17H25N5O. The predicted octanol–water partition coefficient (Wildman–Crippen LogP) is 0.756. The van der Waals surface area contributed by atoms with E-state index in [0.29, 0.717) is 6.54 Å². The van der Waals surface area contributed by atoms with Crippen molar-refractivity contribution in [2.45, 2.75) is 19.9 Å². The van der Waals surface area contributed by atoms with Gasteiger partial charge in [0.05, 0.1) is 11.0 Å². The van der Waals surface area contributed by atoms with Crippen molar-refractivity contribution in [3.63, 3.8) is 0 Å². The maximum absolute atomic E-state index is 12.2. The SMILES string of the molecule is Cc1nc2ccccc2n1CC(=O)NCCCN1CCNCC1. The molecule has 0 atom stereocenters. The largest absolute Gasteiger partial charge is 0.355 e. The Morgan fingerprint density at radius 3 is 2.91 bits per heavy atom. The maximum atomic E-state index is 12.2. The van der Waals surface area contributed by atoms with Gasteiger partial charge in [0.15, 0.2) is 0 Å². The van der Waals surface area contributed by atoms with Crippen LogP contribution >= 0.6 is 0 Å². The number of carbonyl (C=O) groups is 1. The number of nitrogens with zero attached hydrogens (tertiary/aromatic N) is 3. The molecule has 0 unspecified atom stereocenters. The van der Waals surface area contributed by atoms with Crippen LogP contribution in [-0.2, 0) is 11.3 Å². The summed E-state index contributed by atoms with van der Waals surface area (Å²) in [5.41, 5.74) is 1.96. The van der Waals surface area contributed by atoms with E-state index in [1.807, 2.05) is 35.8 Å². The molecule has 0 radical (unpaired) electrons. The van der Waals surface area contributed by atoms with Gasteiger partial charge < -0.3 is 20.1 Å². The zero-order chi connectivity index (χ0) is 16.1. The molecule has 0 bridgehead atoms. The summed E-state index contributed by atoms with van der Waals surface area (Å²) in [6.45, 7) is 8.40. The number of fused-ring (bicyclic) bond motifs is 1. The first-order valence-electron chi connectivity index (χ1n) is 8.36. The number of nitrogens with one attached hydrogen (secondary N) is 2. The van der Waals surface area contributed by atoms with Crippen molar-refractivity contribution < 1.29 is 4.79 Å². The third kappa shape index (κ3) is 4.09. The topological polar surface area (TPSA) is 62.2 Å². The Bertz CT molecular complexity index is 660. The first-order valence-corrected chi connectivity index (χ1v) is 8.36. The van der Waals surface area contributed by atoms with E-state index in [-0.39, 0.29) is 5.91 Å². The highest BCUT2D eigenvalue weighted by Gasteiger charge is 2.11. The normalized spacial score (nSPS) is 15.9. The van der Waals surface area contributed by atoms with Gasteiger partial charge >= 0.3 is 0 Å². The zero-order valence-corrected chi connectivity index (χ0v) is 13.7. The van der Waals surface area contributed by atoms with Crippen LogP contribution in [0.5, 0.6) is 0 Å². The van der Waals surface area contributed by atoms with Gasteiger partial charge in [-0.05, 0) is 32.0 Å². The summed E-state index contributed by atoms with van der Waals surface area (Å²) < 4.78 is 1.97. The quantitative estimate of drug-likeness (QED) is 0.773. The summed E-state index contributed by atoms with van der Waals surface area (Å²) in [5, 5.41) is 6.37. The van der Waals surface area contributed by atoms with Gasteiger partial charge in [0.2, 0.25) is 5.91 Å². The predicted molar refractivity (Wildman–Crippen MR) is 91.4 cm³/mol. The van der Waals surface area contributed by atoms with E-state index in [0.717, 1.165) is 62.5 Å². The third-order valence-electron chi connectivity index (χ3n) is 4.33. The van der Waals surface area contributed by atoms with Crippen LogP contribution in [0.25, 0.3) is 11.0 Å². The van der Waals surface area contributed by atoms with Crippen LogP contribution in [0.3, 0.4) is 0 Å². The van der Waals surface area contributed by atoms with Gasteiger partial charge in [-0.1, -0.05) is 12.1 Å². The van der Waals surface area contributed by atoms with E-state index in [1.54, 1.807) is 0 Å². The number of carbonyl (C=O) groups excluding carboxylic acids is 1. The molecular weight excluding hydrogens is 290 g/mol. The van der Waals surface area contributed by atoms with Gasteiger partial charge in [-0.2, -0.15) is 0 Å². The molecule has 2 N–H and O–H groups in total. The molecule has 0 spiro atoms. The fourth-order valence-electron chi connectivity index (χ4n) is 3.06. The van der Waals surface area contributed by atoms with Gasteiger partial charge in [-0.15, -0.1) is 0 Å². The fourth-order valence-corrected chi connectivity index (χ4v) is 3.06. The molecule has 2 aromatic rings. The third-order valence-corrected chi connectivity index (χ3v) is 4.33. The van der Waals surface area contributed by atoms with E-state index < -0.39 is 0 Å². The van der Waals surface area contributed by atoms with E-state index in [1.165, 1.54) is 0 Å². The number of aryl methyl sites for hydroxylation is 1. The lowest BCUT2D eigenvalue weighted by Crippen LogP contribution is -2.44. The summed E-state index contributed by atoms with van der Waals surface area (Å²) in [5.74, 6) is 0.929. The Morgan fingerprint density at radius 1 is 1.30 bits per heavy atom. The molecule has 1 fully saturated rings. The minimum atomic E-state index is 0.0524. The molecule has 1 saturated heterocycles. The van der Waals surface area contributed by atoms with Gasteiger partial charge in [-0.25, -0.2) is 4.98 Å². The second-order valence-corrected chi connectivity index (χ2v) is 6.03. The summed E-state index contributed by atoms with van der Waals surface area (Å²) in [7, 11) is 0. The molecule has 1 aromatic carbocycles. The van der Waals surface area contributed by atoms with Crippen molar-refractivity contribution in [3.8, 4) is 0 Å². The lowest BCUT2D eigenvalue weighted by atomic mass is 10.3. The number of imidazole rings is 1. The van der Waals surface area contributed by atoms with Gasteiger partial charge in [0, 0.05) is 32.7 Å². The van der Waals surface area contributed by atoms with Crippen molar-refractivity contribution in [2.24, 2.45) is 0 Å². The van der Waals surface area contributed by atoms with Crippen molar-refractivity contribution in [1.29, 1.82) is 0 Å². The second kappa shape index (κ2) is 7.57. The Morgan fingerprint density at radius 2 is 2.09 bits per heavy atom. The molecule has 2 heterocycles. The van der Waals surface area contributed by atoms with Crippen LogP contribution in [0.4, 0.5) is 0 Å². The number of amides is 1. The minimum Gasteiger partial charge on any atom is -0.355 e. The van der Waals surface area contributed by atoms with Crippen LogP contribution in [0, 0.1) is 6.92 Å². The standard InChI is InChI=1S/C17H25N5O/c1-14-20-15-5-2-3-6-16(15)22(14)13-17(23)19-7-4-10-21-11-8-18-9-12-21/h2-3,5-6,18H,4,7-13H2,1H3,(H,19,23). The van der Waals surface area contributed by atoms with Crippen molar-refractivity contribution in [3.05, 3.63) is 30.1 Å². The monoisotopic (exact) mass is 315 g/mol. The van der Waals surface area contributed by atoms with Crippen LogP contribution < -0.4 is 10.6 Å². The number of hydrogen-bond donors (Lipinski definition) is 2. The molecule has 0 aliphatic carbocycles. The molecule has 0 saturated carbocycles. The lowest BCUT2D eigenvalue weighted by molar-refractivity contribution is -0.121. The Labute approximate surface area is 136 Å². The molecule has 6 heteroatoms. The van der Waals surface area contributed by atoms with E-state index in [4.69, 9.17) is 0 Å².